The lowest BCUT2D eigenvalue weighted by Crippen LogP contribution is -2.59. The summed E-state index contributed by atoms with van der Waals surface area (Å²) < 4.78 is 0. The highest BCUT2D eigenvalue weighted by Crippen LogP contribution is 2.17. The third-order valence-corrected chi connectivity index (χ3v) is 2.80. The first-order valence-electron chi connectivity index (χ1n) is 5.86. The van der Waals surface area contributed by atoms with Crippen molar-refractivity contribution in [2.75, 3.05) is 18.0 Å². The molecular weight excluding hydrogens is 214 g/mol. The van der Waals surface area contributed by atoms with Crippen LogP contribution in [0.1, 0.15) is 12.8 Å². The van der Waals surface area contributed by atoms with E-state index in [1.54, 1.807) is 12.3 Å². The Morgan fingerprint density at radius 3 is 3.06 bits per heavy atom. The second-order valence-corrected chi connectivity index (χ2v) is 4.18. The minimum atomic E-state index is 0.107. The first-order chi connectivity index (χ1) is 8.29. The van der Waals surface area contributed by atoms with E-state index in [2.05, 4.69) is 21.8 Å². The fraction of sp³-hybridized carbons (Fsp3) is 0.385. The molecule has 1 aromatic heterocycles. The van der Waals surface area contributed by atoms with Gasteiger partial charge in [-0.15, -0.1) is 6.58 Å². The Morgan fingerprint density at radius 2 is 2.41 bits per heavy atom. The summed E-state index contributed by atoms with van der Waals surface area (Å²) in [6, 6.07) is 6.11. The van der Waals surface area contributed by atoms with E-state index in [0.717, 1.165) is 25.3 Å². The van der Waals surface area contributed by atoms with Crippen LogP contribution in [0, 0.1) is 0 Å². The molecule has 1 aliphatic heterocycles. The van der Waals surface area contributed by atoms with Crippen molar-refractivity contribution in [2.45, 2.75) is 18.9 Å². The fourth-order valence-corrected chi connectivity index (χ4v) is 1.83. The third-order valence-electron chi connectivity index (χ3n) is 2.80. The second-order valence-electron chi connectivity index (χ2n) is 4.18. The number of amides is 1. The Morgan fingerprint density at radius 1 is 1.59 bits per heavy atom. The summed E-state index contributed by atoms with van der Waals surface area (Å²) >= 11 is 0. The molecule has 1 aliphatic rings. The molecule has 0 unspecified atom stereocenters. The fourth-order valence-electron chi connectivity index (χ4n) is 1.83. The van der Waals surface area contributed by atoms with Gasteiger partial charge in [0.1, 0.15) is 5.82 Å². The van der Waals surface area contributed by atoms with Gasteiger partial charge in [0.25, 0.3) is 0 Å². The molecule has 0 saturated carbocycles. The van der Waals surface area contributed by atoms with E-state index in [1.807, 2.05) is 18.2 Å². The number of aromatic nitrogens is 1. The lowest BCUT2D eigenvalue weighted by Gasteiger charge is -2.40. The minimum Gasteiger partial charge on any atom is -0.352 e. The molecule has 4 heteroatoms. The van der Waals surface area contributed by atoms with Crippen LogP contribution >= 0.6 is 0 Å². The predicted octanol–water partition coefficient (Wildman–Crippen LogP) is 1.35. The SMILES string of the molecule is C=CCCC(=O)NC1CN(c2ccccn2)C1. The number of carbonyl (C=O) groups is 1. The van der Waals surface area contributed by atoms with Gasteiger partial charge in [-0.25, -0.2) is 4.98 Å². The summed E-state index contributed by atoms with van der Waals surface area (Å²) in [6.07, 6.45) is 4.82. The van der Waals surface area contributed by atoms with Gasteiger partial charge in [-0.2, -0.15) is 0 Å². The molecule has 2 rings (SSSR count). The summed E-state index contributed by atoms with van der Waals surface area (Å²) in [5, 5.41) is 2.99. The van der Waals surface area contributed by atoms with Crippen LogP contribution in [0.15, 0.2) is 37.1 Å². The molecule has 1 saturated heterocycles. The number of allylic oxidation sites excluding steroid dienone is 1. The van der Waals surface area contributed by atoms with Crippen molar-refractivity contribution in [1.82, 2.24) is 10.3 Å². The zero-order chi connectivity index (χ0) is 12.1. The van der Waals surface area contributed by atoms with E-state index >= 15 is 0 Å². The third kappa shape index (κ3) is 3.06. The Labute approximate surface area is 101 Å². The summed E-state index contributed by atoms with van der Waals surface area (Å²) in [5.41, 5.74) is 0. The van der Waals surface area contributed by atoms with Crippen LogP contribution in [-0.4, -0.2) is 30.0 Å². The number of nitrogens with zero attached hydrogens (tertiary/aromatic N) is 2. The number of nitrogens with one attached hydrogen (secondary N) is 1. The zero-order valence-electron chi connectivity index (χ0n) is 9.80. The van der Waals surface area contributed by atoms with Gasteiger partial charge in [0, 0.05) is 25.7 Å². The molecule has 1 fully saturated rings. The van der Waals surface area contributed by atoms with Crippen LogP contribution in [0.5, 0.6) is 0 Å². The number of anilines is 1. The normalized spacial score (nSPS) is 15.2. The lowest BCUT2D eigenvalue weighted by molar-refractivity contribution is -0.121. The van der Waals surface area contributed by atoms with Crippen LogP contribution in [-0.2, 0) is 4.79 Å². The highest BCUT2D eigenvalue weighted by Gasteiger charge is 2.28. The molecular formula is C13H17N3O. The van der Waals surface area contributed by atoms with Crippen molar-refractivity contribution in [3.8, 4) is 0 Å². The highest BCUT2D eigenvalue weighted by molar-refractivity contribution is 5.76. The predicted molar refractivity (Wildman–Crippen MR) is 67.8 cm³/mol. The maximum Gasteiger partial charge on any atom is 0.220 e. The minimum absolute atomic E-state index is 0.107. The van der Waals surface area contributed by atoms with Crippen LogP contribution < -0.4 is 10.2 Å². The number of hydrogen-bond acceptors (Lipinski definition) is 3. The van der Waals surface area contributed by atoms with Gasteiger partial charge in [0.2, 0.25) is 5.91 Å². The molecule has 2 heterocycles. The van der Waals surface area contributed by atoms with Crippen molar-refractivity contribution >= 4 is 11.7 Å². The van der Waals surface area contributed by atoms with E-state index in [9.17, 15) is 4.79 Å². The molecule has 0 atom stereocenters. The Kier molecular flexibility index (Phi) is 3.75. The number of pyridine rings is 1. The summed E-state index contributed by atoms with van der Waals surface area (Å²) in [6.45, 7) is 5.29. The molecule has 1 aromatic rings. The molecule has 90 valence electrons. The van der Waals surface area contributed by atoms with Crippen LogP contribution in [0.2, 0.25) is 0 Å². The van der Waals surface area contributed by atoms with Crippen LogP contribution in [0.4, 0.5) is 5.82 Å². The molecule has 0 radical (unpaired) electrons. The molecule has 17 heavy (non-hydrogen) atoms. The largest absolute Gasteiger partial charge is 0.352 e. The van der Waals surface area contributed by atoms with Gasteiger partial charge in [-0.05, 0) is 18.6 Å². The molecule has 4 nitrogen and oxygen atoms in total. The monoisotopic (exact) mass is 231 g/mol. The van der Waals surface area contributed by atoms with Crippen molar-refractivity contribution < 1.29 is 4.79 Å². The van der Waals surface area contributed by atoms with E-state index in [0.29, 0.717) is 6.42 Å². The molecule has 0 aromatic carbocycles. The number of hydrogen-bond donors (Lipinski definition) is 1. The van der Waals surface area contributed by atoms with Crippen LogP contribution in [0.3, 0.4) is 0 Å². The molecule has 0 aliphatic carbocycles. The Hall–Kier alpha value is -1.84. The van der Waals surface area contributed by atoms with E-state index < -0.39 is 0 Å². The van der Waals surface area contributed by atoms with Gasteiger partial charge >= 0.3 is 0 Å². The number of rotatable bonds is 5. The smallest absolute Gasteiger partial charge is 0.220 e. The van der Waals surface area contributed by atoms with Crippen molar-refractivity contribution in [3.05, 3.63) is 37.1 Å². The molecule has 1 amide bonds. The maximum atomic E-state index is 11.5. The zero-order valence-corrected chi connectivity index (χ0v) is 9.80. The highest BCUT2D eigenvalue weighted by atomic mass is 16.1. The molecule has 0 spiro atoms. The summed E-state index contributed by atoms with van der Waals surface area (Å²) in [4.78, 5) is 17.9. The maximum absolute atomic E-state index is 11.5. The second kappa shape index (κ2) is 5.48. The van der Waals surface area contributed by atoms with Gasteiger partial charge < -0.3 is 10.2 Å². The Balaban J connectivity index is 1.72. The summed E-state index contributed by atoms with van der Waals surface area (Å²) in [7, 11) is 0. The summed E-state index contributed by atoms with van der Waals surface area (Å²) in [5.74, 6) is 1.08. The average Bonchev–Trinajstić information content (AvgIpc) is 2.31. The average molecular weight is 231 g/mol. The van der Waals surface area contributed by atoms with Gasteiger partial charge in [0.05, 0.1) is 6.04 Å². The van der Waals surface area contributed by atoms with E-state index in [-0.39, 0.29) is 11.9 Å². The van der Waals surface area contributed by atoms with Crippen LogP contribution in [0.25, 0.3) is 0 Å². The van der Waals surface area contributed by atoms with Crippen molar-refractivity contribution in [2.24, 2.45) is 0 Å². The molecule has 0 bridgehead atoms. The molecule has 1 N–H and O–H groups in total. The topological polar surface area (TPSA) is 45.2 Å². The quantitative estimate of drug-likeness (QED) is 0.778. The van der Waals surface area contributed by atoms with Gasteiger partial charge in [-0.1, -0.05) is 12.1 Å². The van der Waals surface area contributed by atoms with Gasteiger partial charge in [0.15, 0.2) is 0 Å². The standard InChI is InChI=1S/C13H17N3O/c1-2-3-7-13(17)15-11-9-16(10-11)12-6-4-5-8-14-12/h2,4-6,8,11H,1,3,7,9-10H2,(H,15,17). The number of carbonyl (C=O) groups excluding carboxylic acids is 1. The van der Waals surface area contributed by atoms with E-state index in [4.69, 9.17) is 0 Å². The lowest BCUT2D eigenvalue weighted by atomic mass is 10.1. The van der Waals surface area contributed by atoms with Crippen molar-refractivity contribution in [3.63, 3.8) is 0 Å². The Bertz CT molecular complexity index is 385. The first kappa shape index (κ1) is 11.6. The van der Waals surface area contributed by atoms with Gasteiger partial charge in [-0.3, -0.25) is 4.79 Å². The van der Waals surface area contributed by atoms with E-state index in [1.165, 1.54) is 0 Å². The first-order valence-corrected chi connectivity index (χ1v) is 5.86. The van der Waals surface area contributed by atoms with Crippen molar-refractivity contribution in [1.29, 1.82) is 0 Å².